The first kappa shape index (κ1) is 38.6. The number of hydrogen-bond donors (Lipinski definition) is 1. The number of carbonyl (C=O) groups is 2. The number of unbranched alkanes of at least 4 members (excludes halogenated alkanes) is 2. The van der Waals surface area contributed by atoms with E-state index in [0.717, 1.165) is 71.5 Å². The Morgan fingerprint density at radius 3 is 2.28 bits per heavy atom. The number of rotatable bonds is 16. The van der Waals surface area contributed by atoms with Crippen LogP contribution in [0.2, 0.25) is 0 Å². The average Bonchev–Trinajstić information content (AvgIpc) is 3.16. The second-order valence-corrected chi connectivity index (χ2v) is 12.7. The first-order chi connectivity index (χ1) is 25.8. The van der Waals surface area contributed by atoms with Crippen LogP contribution >= 0.6 is 12.6 Å². The molecule has 5 aromatic rings. The van der Waals surface area contributed by atoms with E-state index in [2.05, 4.69) is 29.8 Å². The average molecular weight is 735 g/mol. The topological polar surface area (TPSA) is 86.5 Å². The van der Waals surface area contributed by atoms with Crippen molar-refractivity contribution in [1.29, 1.82) is 0 Å². The Kier molecular flexibility index (Phi) is 14.1. The molecule has 0 N–H and O–H groups in total. The number of methoxy groups -OCH3 is 1. The molecule has 53 heavy (non-hydrogen) atoms. The van der Waals surface area contributed by atoms with E-state index in [1.165, 1.54) is 13.2 Å². The molecular formula is C43H40F2N2O5S. The molecule has 0 spiro atoms. The summed E-state index contributed by atoms with van der Waals surface area (Å²) in [7, 11) is 1.42. The summed E-state index contributed by atoms with van der Waals surface area (Å²) in [5, 5.41) is 10.7. The predicted molar refractivity (Wildman–Crippen MR) is 211 cm³/mol. The van der Waals surface area contributed by atoms with Gasteiger partial charge in [-0.2, -0.15) is 22.8 Å². The number of carbonyl (C=O) groups excluding carboxylic acids is 2. The van der Waals surface area contributed by atoms with E-state index in [-0.39, 0.29) is 29.5 Å². The second kappa shape index (κ2) is 19.3. The zero-order valence-corrected chi connectivity index (χ0v) is 30.5. The first-order valence-electron chi connectivity index (χ1n) is 17.3. The molecule has 0 aliphatic rings. The number of fused-ring (bicyclic) bond motifs is 1. The smallest absolute Gasteiger partial charge is 0.336 e. The molecule has 0 atom stereocenters. The highest BCUT2D eigenvalue weighted by molar-refractivity contribution is 7.80. The molecule has 0 aromatic heterocycles. The SMILES string of the molecule is CCCc1ccc(-c2cc(F)c(OC(=O)/C=C/c3ccc(OC(=O)CCCCCS)c(OC)c3)c(F)c2)c(/C=N/N=C/c2ccc3ccccc3c2)c1. The van der Waals surface area contributed by atoms with Crippen LogP contribution in [0.25, 0.3) is 28.0 Å². The number of benzene rings is 5. The van der Waals surface area contributed by atoms with Gasteiger partial charge in [-0.15, -0.1) is 0 Å². The van der Waals surface area contributed by atoms with Crippen LogP contribution in [0, 0.1) is 11.6 Å². The molecule has 272 valence electrons. The van der Waals surface area contributed by atoms with Crippen molar-refractivity contribution < 1.29 is 32.6 Å². The van der Waals surface area contributed by atoms with Crippen LogP contribution in [0.5, 0.6) is 17.2 Å². The maximum absolute atomic E-state index is 15.4. The molecular weight excluding hydrogens is 695 g/mol. The summed E-state index contributed by atoms with van der Waals surface area (Å²) >= 11 is 4.17. The van der Waals surface area contributed by atoms with Gasteiger partial charge < -0.3 is 14.2 Å². The molecule has 10 heteroatoms. The third-order valence-electron chi connectivity index (χ3n) is 8.27. The Morgan fingerprint density at radius 1 is 0.774 bits per heavy atom. The van der Waals surface area contributed by atoms with Gasteiger partial charge in [-0.05, 0) is 106 Å². The zero-order valence-electron chi connectivity index (χ0n) is 29.6. The van der Waals surface area contributed by atoms with Crippen molar-refractivity contribution in [3.63, 3.8) is 0 Å². The molecule has 0 aliphatic carbocycles. The van der Waals surface area contributed by atoms with Crippen LogP contribution in [-0.4, -0.2) is 37.2 Å². The highest BCUT2D eigenvalue weighted by Gasteiger charge is 2.18. The van der Waals surface area contributed by atoms with Crippen LogP contribution in [-0.2, 0) is 16.0 Å². The molecule has 0 saturated heterocycles. The largest absolute Gasteiger partial charge is 0.493 e. The normalized spacial score (nSPS) is 11.6. The molecule has 5 rings (SSSR count). The fraction of sp³-hybridized carbons (Fsp3) is 0.209. The lowest BCUT2D eigenvalue weighted by atomic mass is 9.96. The molecule has 0 amide bonds. The quantitative estimate of drug-likeness (QED) is 0.0207. The van der Waals surface area contributed by atoms with Crippen molar-refractivity contribution in [2.75, 3.05) is 12.9 Å². The highest BCUT2D eigenvalue weighted by atomic mass is 32.1. The first-order valence-corrected chi connectivity index (χ1v) is 18.0. The van der Waals surface area contributed by atoms with Crippen LogP contribution in [0.3, 0.4) is 0 Å². The Hall–Kier alpha value is -5.61. The predicted octanol–water partition coefficient (Wildman–Crippen LogP) is 10.2. The van der Waals surface area contributed by atoms with Crippen LogP contribution < -0.4 is 14.2 Å². The number of nitrogens with zero attached hydrogens (tertiary/aromatic N) is 2. The Labute approximate surface area is 313 Å². The summed E-state index contributed by atoms with van der Waals surface area (Å²) < 4.78 is 46.6. The number of esters is 2. The number of aryl methyl sites for hydroxylation is 1. The van der Waals surface area contributed by atoms with Gasteiger partial charge in [0, 0.05) is 18.1 Å². The van der Waals surface area contributed by atoms with Gasteiger partial charge in [-0.1, -0.05) is 74.4 Å². The summed E-state index contributed by atoms with van der Waals surface area (Å²) in [6.45, 7) is 2.07. The van der Waals surface area contributed by atoms with E-state index >= 15 is 8.78 Å². The molecule has 0 heterocycles. The minimum atomic E-state index is -1.05. The molecule has 0 saturated carbocycles. The van der Waals surface area contributed by atoms with Crippen molar-refractivity contribution in [3.05, 3.63) is 131 Å². The van der Waals surface area contributed by atoms with E-state index in [1.54, 1.807) is 36.7 Å². The number of ether oxygens (including phenoxy) is 3. The van der Waals surface area contributed by atoms with Gasteiger partial charge >= 0.3 is 11.9 Å². The number of halogens is 2. The zero-order chi connectivity index (χ0) is 37.6. The Bertz CT molecular complexity index is 2140. The van der Waals surface area contributed by atoms with Crippen LogP contribution in [0.15, 0.2) is 107 Å². The molecule has 0 fully saturated rings. The monoisotopic (exact) mass is 734 g/mol. The van der Waals surface area contributed by atoms with E-state index < -0.39 is 23.4 Å². The van der Waals surface area contributed by atoms with E-state index in [4.69, 9.17) is 14.2 Å². The number of thiol groups is 1. The van der Waals surface area contributed by atoms with Crippen molar-refractivity contribution >= 4 is 53.8 Å². The third kappa shape index (κ3) is 10.9. The number of hydrogen-bond acceptors (Lipinski definition) is 8. The molecule has 5 aromatic carbocycles. The van der Waals surface area contributed by atoms with Crippen molar-refractivity contribution in [2.24, 2.45) is 10.2 Å². The lowest BCUT2D eigenvalue weighted by Gasteiger charge is -2.11. The standard InChI is InChI=1S/C43H40F2N2O5S/c1-3-9-29-14-18-36(35(22-29)28-47-46-27-31-13-17-32-10-6-7-11-33(32)23-31)34-25-37(44)43(38(45)26-34)52-42(49)20-16-30-15-19-39(40(24-30)50-2)51-41(48)12-5-4-8-21-53/h6-7,10-11,13-20,22-28,53H,3-5,8-9,12,21H2,1-2H3/b20-16+,46-27+,47-28+. The summed E-state index contributed by atoms with van der Waals surface area (Å²) in [4.78, 5) is 24.9. The van der Waals surface area contributed by atoms with Crippen LogP contribution in [0.1, 0.15) is 61.3 Å². The lowest BCUT2D eigenvalue weighted by molar-refractivity contribution is -0.134. The molecule has 0 unspecified atom stereocenters. The maximum atomic E-state index is 15.4. The van der Waals surface area contributed by atoms with Crippen LogP contribution in [0.4, 0.5) is 8.78 Å². The van der Waals surface area contributed by atoms with Gasteiger partial charge in [0.05, 0.1) is 19.5 Å². The molecule has 0 radical (unpaired) electrons. The van der Waals surface area contributed by atoms with Crippen molar-refractivity contribution in [1.82, 2.24) is 0 Å². The van der Waals surface area contributed by atoms with E-state index in [1.807, 2.05) is 54.6 Å². The fourth-order valence-electron chi connectivity index (χ4n) is 5.63. The summed E-state index contributed by atoms with van der Waals surface area (Å²) in [6, 6.07) is 26.5. The van der Waals surface area contributed by atoms with Gasteiger partial charge in [0.15, 0.2) is 23.1 Å². The van der Waals surface area contributed by atoms with Gasteiger partial charge in [-0.3, -0.25) is 4.79 Å². The third-order valence-corrected chi connectivity index (χ3v) is 8.59. The van der Waals surface area contributed by atoms with Gasteiger partial charge in [0.2, 0.25) is 5.75 Å². The summed E-state index contributed by atoms with van der Waals surface area (Å²) in [6.07, 6.45) is 10.1. The Morgan fingerprint density at radius 2 is 1.53 bits per heavy atom. The van der Waals surface area contributed by atoms with Gasteiger partial charge in [0.25, 0.3) is 0 Å². The minimum absolute atomic E-state index is 0.235. The minimum Gasteiger partial charge on any atom is -0.493 e. The van der Waals surface area contributed by atoms with E-state index in [0.29, 0.717) is 23.1 Å². The Balaban J connectivity index is 1.28. The fourth-order valence-corrected chi connectivity index (χ4v) is 5.85. The lowest BCUT2D eigenvalue weighted by Crippen LogP contribution is -2.08. The second-order valence-electron chi connectivity index (χ2n) is 12.2. The highest BCUT2D eigenvalue weighted by Crippen LogP contribution is 2.32. The van der Waals surface area contributed by atoms with Gasteiger partial charge in [-0.25, -0.2) is 13.6 Å². The summed E-state index contributed by atoms with van der Waals surface area (Å²) in [5.74, 6) is -3.02. The van der Waals surface area contributed by atoms with E-state index in [9.17, 15) is 9.59 Å². The van der Waals surface area contributed by atoms with Gasteiger partial charge in [0.1, 0.15) is 0 Å². The van der Waals surface area contributed by atoms with Crippen molar-refractivity contribution in [3.8, 4) is 28.4 Å². The maximum Gasteiger partial charge on any atom is 0.336 e. The van der Waals surface area contributed by atoms with Crippen molar-refractivity contribution in [2.45, 2.75) is 45.4 Å². The molecule has 0 bridgehead atoms. The summed E-state index contributed by atoms with van der Waals surface area (Å²) in [5.41, 5.74) is 3.82. The molecule has 0 aliphatic heterocycles. The molecule has 7 nitrogen and oxygen atoms in total.